The monoisotopic (exact) mass is 273 g/mol. The van der Waals surface area contributed by atoms with Crippen LogP contribution in [0.4, 0.5) is 5.69 Å². The van der Waals surface area contributed by atoms with Crippen molar-refractivity contribution in [1.29, 1.82) is 0 Å². The van der Waals surface area contributed by atoms with E-state index in [0.717, 1.165) is 16.9 Å². The molecule has 2 rings (SSSR count). The van der Waals surface area contributed by atoms with Gasteiger partial charge in [0.25, 0.3) is 0 Å². The first-order chi connectivity index (χ1) is 9.61. The average molecular weight is 273 g/mol. The summed E-state index contributed by atoms with van der Waals surface area (Å²) in [6, 6.07) is 9.72. The molecule has 0 spiro atoms. The zero-order valence-electron chi connectivity index (χ0n) is 11.6. The lowest BCUT2D eigenvalue weighted by atomic mass is 9.98. The lowest BCUT2D eigenvalue weighted by Crippen LogP contribution is -2.28. The molecule has 0 saturated carbocycles. The second-order valence-electron chi connectivity index (χ2n) is 4.67. The third-order valence-electron chi connectivity index (χ3n) is 3.18. The molecule has 6 heteroatoms. The molecule has 6 nitrogen and oxygen atoms in total. The number of nitrogens with one attached hydrogen (secondary N) is 1. The van der Waals surface area contributed by atoms with Gasteiger partial charge >= 0.3 is 0 Å². The molecule has 1 atom stereocenters. The van der Waals surface area contributed by atoms with Crippen molar-refractivity contribution in [3.8, 4) is 0 Å². The first kappa shape index (κ1) is 13.9. The summed E-state index contributed by atoms with van der Waals surface area (Å²) in [7, 11) is 1.87. The number of rotatable bonds is 5. The topological polar surface area (TPSA) is 88.5 Å². The first-order valence-electron chi connectivity index (χ1n) is 6.38. The number of hydrogen-bond acceptors (Lipinski definition) is 4. The summed E-state index contributed by atoms with van der Waals surface area (Å²) < 4.78 is 1.75. The Morgan fingerprint density at radius 1 is 1.45 bits per heavy atom. The van der Waals surface area contributed by atoms with Crippen molar-refractivity contribution in [2.75, 3.05) is 11.9 Å². The van der Waals surface area contributed by atoms with Crippen molar-refractivity contribution in [3.63, 3.8) is 0 Å². The highest BCUT2D eigenvalue weighted by Crippen LogP contribution is 2.18. The molecule has 4 N–H and O–H groups in total. The van der Waals surface area contributed by atoms with E-state index >= 15 is 0 Å². The molecule has 0 aliphatic carbocycles. The lowest BCUT2D eigenvalue weighted by molar-refractivity contribution is 0.316. The summed E-state index contributed by atoms with van der Waals surface area (Å²) in [5.74, 6) is -0.00829. The quantitative estimate of drug-likeness (QED) is 0.334. The van der Waals surface area contributed by atoms with Crippen LogP contribution in [-0.4, -0.2) is 27.4 Å². The average Bonchev–Trinajstić information content (AvgIpc) is 2.78. The number of aryl methyl sites for hydroxylation is 2. The molecule has 0 radical (unpaired) electrons. The molecule has 0 fully saturated rings. The van der Waals surface area contributed by atoms with Gasteiger partial charge in [-0.15, -0.1) is 0 Å². The fourth-order valence-electron chi connectivity index (χ4n) is 2.13. The van der Waals surface area contributed by atoms with Gasteiger partial charge < -0.3 is 16.3 Å². The number of benzene rings is 1. The van der Waals surface area contributed by atoms with Crippen LogP contribution in [0.25, 0.3) is 0 Å². The van der Waals surface area contributed by atoms with Crippen molar-refractivity contribution in [2.24, 2.45) is 17.9 Å². The second kappa shape index (κ2) is 6.10. The van der Waals surface area contributed by atoms with Gasteiger partial charge in [0, 0.05) is 19.8 Å². The molecule has 1 aromatic carbocycles. The Morgan fingerprint density at radius 2 is 2.15 bits per heavy atom. The van der Waals surface area contributed by atoms with Gasteiger partial charge in [0.05, 0.1) is 17.3 Å². The summed E-state index contributed by atoms with van der Waals surface area (Å²) >= 11 is 0. The Labute approximate surface area is 117 Å². The van der Waals surface area contributed by atoms with Crippen LogP contribution in [0.5, 0.6) is 0 Å². The maximum Gasteiger partial charge on any atom is 0.148 e. The van der Waals surface area contributed by atoms with Crippen molar-refractivity contribution in [3.05, 3.63) is 47.8 Å². The van der Waals surface area contributed by atoms with Gasteiger partial charge in [-0.1, -0.05) is 35.5 Å². The van der Waals surface area contributed by atoms with Gasteiger partial charge in [0.1, 0.15) is 5.84 Å². The smallest absolute Gasteiger partial charge is 0.148 e. The highest BCUT2D eigenvalue weighted by Gasteiger charge is 2.17. The fraction of sp³-hybridized carbons (Fsp3) is 0.286. The van der Waals surface area contributed by atoms with Gasteiger partial charge in [-0.2, -0.15) is 5.10 Å². The minimum Gasteiger partial charge on any atom is -0.409 e. The third-order valence-corrected chi connectivity index (χ3v) is 3.18. The summed E-state index contributed by atoms with van der Waals surface area (Å²) in [4.78, 5) is 0. The van der Waals surface area contributed by atoms with E-state index in [1.807, 2.05) is 50.5 Å². The summed E-state index contributed by atoms with van der Waals surface area (Å²) in [5.41, 5.74) is 8.65. The van der Waals surface area contributed by atoms with E-state index in [4.69, 9.17) is 10.9 Å². The van der Waals surface area contributed by atoms with E-state index < -0.39 is 0 Å². The van der Waals surface area contributed by atoms with Crippen LogP contribution in [0.1, 0.15) is 17.2 Å². The number of anilines is 1. The number of aromatic nitrogens is 2. The Kier molecular flexibility index (Phi) is 4.24. The zero-order chi connectivity index (χ0) is 14.5. The molecule has 1 heterocycles. The zero-order valence-corrected chi connectivity index (χ0v) is 11.6. The Hall–Kier alpha value is -2.50. The molecule has 20 heavy (non-hydrogen) atoms. The maximum absolute atomic E-state index is 8.94. The van der Waals surface area contributed by atoms with Crippen molar-refractivity contribution < 1.29 is 5.21 Å². The van der Waals surface area contributed by atoms with Crippen LogP contribution < -0.4 is 11.1 Å². The predicted octanol–water partition coefficient (Wildman–Crippen LogP) is 1.67. The number of oxime groups is 1. The van der Waals surface area contributed by atoms with Crippen molar-refractivity contribution in [2.45, 2.75) is 12.8 Å². The number of nitrogens with zero attached hydrogens (tertiary/aromatic N) is 3. The molecule has 106 valence electrons. The molecular weight excluding hydrogens is 254 g/mol. The van der Waals surface area contributed by atoms with Gasteiger partial charge in [-0.05, 0) is 12.5 Å². The minimum absolute atomic E-state index is 0.185. The molecule has 1 unspecified atom stereocenters. The third kappa shape index (κ3) is 3.09. The van der Waals surface area contributed by atoms with E-state index in [0.29, 0.717) is 6.54 Å². The highest BCUT2D eigenvalue weighted by molar-refractivity contribution is 5.87. The molecular formula is C14H19N5O. The Morgan fingerprint density at radius 3 is 2.70 bits per heavy atom. The lowest BCUT2D eigenvalue weighted by Gasteiger charge is -2.17. The van der Waals surface area contributed by atoms with Crippen LogP contribution in [0.2, 0.25) is 0 Å². The predicted molar refractivity (Wildman–Crippen MR) is 79.0 cm³/mol. The van der Waals surface area contributed by atoms with E-state index in [-0.39, 0.29) is 11.8 Å². The standard InChI is InChI=1S/C14H19N5O/c1-10-13(9-19(2)17-10)16-8-12(14(15)18-20)11-6-4-3-5-7-11/h3-7,9,12,16,20H,8H2,1-2H3,(H2,15,18). The van der Waals surface area contributed by atoms with Gasteiger partial charge in [0.15, 0.2) is 0 Å². The van der Waals surface area contributed by atoms with E-state index in [2.05, 4.69) is 15.6 Å². The summed E-state index contributed by atoms with van der Waals surface area (Å²) in [6.45, 7) is 2.47. The van der Waals surface area contributed by atoms with Gasteiger partial charge in [0.2, 0.25) is 0 Å². The molecule has 0 saturated heterocycles. The minimum atomic E-state index is -0.194. The summed E-state index contributed by atoms with van der Waals surface area (Å²) in [5, 5.41) is 19.6. The summed E-state index contributed by atoms with van der Waals surface area (Å²) in [6.07, 6.45) is 1.91. The van der Waals surface area contributed by atoms with Crippen LogP contribution in [0.3, 0.4) is 0 Å². The molecule has 2 aromatic rings. The van der Waals surface area contributed by atoms with Crippen LogP contribution in [-0.2, 0) is 7.05 Å². The van der Waals surface area contributed by atoms with Crippen molar-refractivity contribution >= 4 is 11.5 Å². The normalized spacial score (nSPS) is 13.2. The van der Waals surface area contributed by atoms with Gasteiger partial charge in [-0.3, -0.25) is 4.68 Å². The molecule has 0 amide bonds. The number of hydrogen-bond donors (Lipinski definition) is 3. The van der Waals surface area contributed by atoms with E-state index in [9.17, 15) is 0 Å². The Bertz CT molecular complexity index is 591. The SMILES string of the molecule is Cc1nn(C)cc1NCC(/C(N)=N/O)c1ccccc1. The Balaban J connectivity index is 2.15. The van der Waals surface area contributed by atoms with Crippen LogP contribution in [0, 0.1) is 6.92 Å². The molecule has 0 aliphatic heterocycles. The van der Waals surface area contributed by atoms with E-state index in [1.54, 1.807) is 4.68 Å². The van der Waals surface area contributed by atoms with Crippen molar-refractivity contribution in [1.82, 2.24) is 9.78 Å². The second-order valence-corrected chi connectivity index (χ2v) is 4.67. The number of amidine groups is 1. The van der Waals surface area contributed by atoms with Crippen LogP contribution >= 0.6 is 0 Å². The fourth-order valence-corrected chi connectivity index (χ4v) is 2.13. The molecule has 0 bridgehead atoms. The molecule has 1 aromatic heterocycles. The number of nitrogens with two attached hydrogens (primary N) is 1. The highest BCUT2D eigenvalue weighted by atomic mass is 16.4. The largest absolute Gasteiger partial charge is 0.409 e. The van der Waals surface area contributed by atoms with Gasteiger partial charge in [-0.25, -0.2) is 0 Å². The van der Waals surface area contributed by atoms with E-state index in [1.165, 1.54) is 0 Å². The first-order valence-corrected chi connectivity index (χ1v) is 6.38. The molecule has 0 aliphatic rings. The maximum atomic E-state index is 8.94. The van der Waals surface area contributed by atoms with Crippen LogP contribution in [0.15, 0.2) is 41.7 Å².